The predicted octanol–water partition coefficient (Wildman–Crippen LogP) is 2.64. The number of ether oxygens (including phenoxy) is 1. The Morgan fingerprint density at radius 3 is 2.79 bits per heavy atom. The van der Waals surface area contributed by atoms with Crippen molar-refractivity contribution in [2.24, 2.45) is 7.05 Å². The number of nitrogens with one attached hydrogen (secondary N) is 1. The van der Waals surface area contributed by atoms with Crippen LogP contribution >= 0.6 is 11.6 Å². The molecule has 0 atom stereocenters. The topological polar surface area (TPSA) is 56.1 Å². The maximum atomic E-state index is 12.1. The second kappa shape index (κ2) is 5.32. The van der Waals surface area contributed by atoms with Gasteiger partial charge in [-0.25, -0.2) is 0 Å². The Morgan fingerprint density at radius 1 is 1.47 bits per heavy atom. The molecule has 0 saturated heterocycles. The molecule has 1 aromatic heterocycles. The van der Waals surface area contributed by atoms with Gasteiger partial charge in [-0.05, 0) is 25.1 Å². The van der Waals surface area contributed by atoms with E-state index in [2.05, 4.69) is 10.4 Å². The van der Waals surface area contributed by atoms with E-state index in [9.17, 15) is 4.79 Å². The van der Waals surface area contributed by atoms with Crippen LogP contribution in [0.5, 0.6) is 5.75 Å². The van der Waals surface area contributed by atoms with Gasteiger partial charge in [0.2, 0.25) is 0 Å². The van der Waals surface area contributed by atoms with Crippen molar-refractivity contribution in [2.45, 2.75) is 6.92 Å². The van der Waals surface area contributed by atoms with Gasteiger partial charge in [0.15, 0.2) is 5.69 Å². The van der Waals surface area contributed by atoms with E-state index in [1.807, 2.05) is 6.92 Å². The lowest BCUT2D eigenvalue weighted by molar-refractivity contribution is 0.102. The zero-order valence-corrected chi connectivity index (χ0v) is 11.7. The molecule has 0 bridgehead atoms. The average Bonchev–Trinajstić information content (AvgIpc) is 2.69. The van der Waals surface area contributed by atoms with Crippen molar-refractivity contribution in [2.75, 3.05) is 12.4 Å². The molecule has 1 aromatic carbocycles. The van der Waals surface area contributed by atoms with Crippen molar-refractivity contribution in [3.05, 3.63) is 40.7 Å². The van der Waals surface area contributed by atoms with Crippen LogP contribution in [0.4, 0.5) is 5.69 Å². The number of hydrogen-bond donors (Lipinski definition) is 1. The summed E-state index contributed by atoms with van der Waals surface area (Å²) in [4.78, 5) is 12.1. The molecule has 0 saturated carbocycles. The first-order valence-corrected chi connectivity index (χ1v) is 6.04. The third-order valence-electron chi connectivity index (χ3n) is 2.64. The normalized spacial score (nSPS) is 10.3. The van der Waals surface area contributed by atoms with Crippen LogP contribution < -0.4 is 10.1 Å². The minimum absolute atomic E-state index is 0.293. The Kier molecular flexibility index (Phi) is 3.76. The van der Waals surface area contributed by atoms with E-state index in [1.54, 1.807) is 36.1 Å². The number of aromatic nitrogens is 2. The Hall–Kier alpha value is -2.01. The monoisotopic (exact) mass is 279 g/mol. The maximum absolute atomic E-state index is 12.1. The van der Waals surface area contributed by atoms with Crippen LogP contribution in [0, 0.1) is 6.92 Å². The summed E-state index contributed by atoms with van der Waals surface area (Å²) in [5.41, 5.74) is 1.70. The van der Waals surface area contributed by atoms with Gasteiger partial charge in [0.1, 0.15) is 5.75 Å². The molecule has 1 amide bonds. The molecule has 2 rings (SSSR count). The maximum Gasteiger partial charge on any atom is 0.276 e. The number of halogens is 1. The van der Waals surface area contributed by atoms with Gasteiger partial charge in [-0.1, -0.05) is 11.6 Å². The van der Waals surface area contributed by atoms with E-state index in [1.165, 1.54) is 7.11 Å². The van der Waals surface area contributed by atoms with Gasteiger partial charge in [-0.15, -0.1) is 0 Å². The predicted molar refractivity (Wildman–Crippen MR) is 73.9 cm³/mol. The molecule has 6 heteroatoms. The highest BCUT2D eigenvalue weighted by Crippen LogP contribution is 2.28. The quantitative estimate of drug-likeness (QED) is 0.940. The molecule has 0 aliphatic carbocycles. The lowest BCUT2D eigenvalue weighted by atomic mass is 10.2. The van der Waals surface area contributed by atoms with Gasteiger partial charge in [0, 0.05) is 23.8 Å². The highest BCUT2D eigenvalue weighted by Gasteiger charge is 2.15. The van der Waals surface area contributed by atoms with E-state index in [0.29, 0.717) is 22.2 Å². The molecular formula is C13H14ClN3O2. The van der Waals surface area contributed by atoms with Crippen molar-refractivity contribution < 1.29 is 9.53 Å². The first kappa shape index (κ1) is 13.4. The smallest absolute Gasteiger partial charge is 0.276 e. The van der Waals surface area contributed by atoms with Crippen molar-refractivity contribution >= 4 is 23.2 Å². The third-order valence-corrected chi connectivity index (χ3v) is 2.87. The first-order chi connectivity index (χ1) is 9.01. The van der Waals surface area contributed by atoms with E-state index in [0.717, 1.165) is 5.56 Å². The lowest BCUT2D eigenvalue weighted by Crippen LogP contribution is -2.14. The van der Waals surface area contributed by atoms with Crippen LogP contribution in [-0.2, 0) is 7.05 Å². The number of aryl methyl sites for hydroxylation is 2. The van der Waals surface area contributed by atoms with E-state index >= 15 is 0 Å². The minimum Gasteiger partial charge on any atom is -0.495 e. The van der Waals surface area contributed by atoms with Crippen molar-refractivity contribution in [1.82, 2.24) is 9.78 Å². The number of hydrogen-bond acceptors (Lipinski definition) is 3. The molecule has 1 N–H and O–H groups in total. The highest BCUT2D eigenvalue weighted by molar-refractivity contribution is 6.31. The number of anilines is 1. The second-order valence-electron chi connectivity index (χ2n) is 4.13. The molecule has 0 radical (unpaired) electrons. The minimum atomic E-state index is -0.293. The van der Waals surface area contributed by atoms with Gasteiger partial charge in [-0.2, -0.15) is 5.10 Å². The molecule has 0 aliphatic heterocycles. The van der Waals surface area contributed by atoms with Gasteiger partial charge >= 0.3 is 0 Å². The number of rotatable bonds is 3. The van der Waals surface area contributed by atoms with E-state index in [-0.39, 0.29) is 5.91 Å². The number of carbonyl (C=O) groups is 1. The van der Waals surface area contributed by atoms with Crippen LogP contribution in [0.25, 0.3) is 0 Å². The molecule has 5 nitrogen and oxygen atoms in total. The fourth-order valence-electron chi connectivity index (χ4n) is 1.79. The molecular weight excluding hydrogens is 266 g/mol. The summed E-state index contributed by atoms with van der Waals surface area (Å²) < 4.78 is 6.77. The summed E-state index contributed by atoms with van der Waals surface area (Å²) in [6.45, 7) is 1.83. The number of amides is 1. The zero-order valence-electron chi connectivity index (χ0n) is 10.9. The van der Waals surface area contributed by atoms with Crippen molar-refractivity contribution in [1.29, 1.82) is 0 Å². The Labute approximate surface area is 116 Å². The third kappa shape index (κ3) is 2.88. The summed E-state index contributed by atoms with van der Waals surface area (Å²) in [5.74, 6) is 0.255. The Bertz CT molecular complexity index is 622. The van der Waals surface area contributed by atoms with Crippen LogP contribution in [0.1, 0.15) is 16.1 Å². The fraction of sp³-hybridized carbons (Fsp3) is 0.231. The molecule has 2 aromatic rings. The van der Waals surface area contributed by atoms with Crippen LogP contribution in [0.3, 0.4) is 0 Å². The standard InChI is InChI=1S/C13H14ClN3O2/c1-8-7-17(2)16-12(8)13(18)15-10-6-9(14)4-5-11(10)19-3/h4-7H,1-3H3,(H,15,18). The zero-order chi connectivity index (χ0) is 14.0. The van der Waals surface area contributed by atoms with Crippen molar-refractivity contribution in [3.8, 4) is 5.75 Å². The largest absolute Gasteiger partial charge is 0.495 e. The number of benzene rings is 1. The average molecular weight is 280 g/mol. The molecule has 19 heavy (non-hydrogen) atoms. The number of carbonyl (C=O) groups excluding carboxylic acids is 1. The Morgan fingerprint density at radius 2 is 2.21 bits per heavy atom. The molecule has 0 unspecified atom stereocenters. The summed E-state index contributed by atoms with van der Waals surface area (Å²) in [6.07, 6.45) is 1.78. The highest BCUT2D eigenvalue weighted by atomic mass is 35.5. The molecule has 0 aliphatic rings. The summed E-state index contributed by atoms with van der Waals surface area (Å²) >= 11 is 5.91. The molecule has 1 heterocycles. The van der Waals surface area contributed by atoms with Crippen LogP contribution in [-0.4, -0.2) is 22.8 Å². The Balaban J connectivity index is 2.28. The lowest BCUT2D eigenvalue weighted by Gasteiger charge is -2.09. The van der Waals surface area contributed by atoms with Crippen LogP contribution in [0.15, 0.2) is 24.4 Å². The summed E-state index contributed by atoms with van der Waals surface area (Å²) in [6, 6.07) is 5.03. The van der Waals surface area contributed by atoms with Crippen LogP contribution in [0.2, 0.25) is 5.02 Å². The number of nitrogens with zero attached hydrogens (tertiary/aromatic N) is 2. The van der Waals surface area contributed by atoms with Gasteiger partial charge in [0.25, 0.3) is 5.91 Å². The molecule has 0 spiro atoms. The van der Waals surface area contributed by atoms with Gasteiger partial charge in [-0.3, -0.25) is 9.48 Å². The first-order valence-electron chi connectivity index (χ1n) is 5.66. The molecule has 0 fully saturated rings. The number of methoxy groups -OCH3 is 1. The second-order valence-corrected chi connectivity index (χ2v) is 4.57. The van der Waals surface area contributed by atoms with Crippen molar-refractivity contribution in [3.63, 3.8) is 0 Å². The van der Waals surface area contributed by atoms with Gasteiger partial charge in [0.05, 0.1) is 12.8 Å². The fourth-order valence-corrected chi connectivity index (χ4v) is 1.96. The molecule has 100 valence electrons. The SMILES string of the molecule is COc1ccc(Cl)cc1NC(=O)c1nn(C)cc1C. The van der Waals surface area contributed by atoms with E-state index < -0.39 is 0 Å². The summed E-state index contributed by atoms with van der Waals surface area (Å²) in [7, 11) is 3.30. The summed E-state index contributed by atoms with van der Waals surface area (Å²) in [5, 5.41) is 7.39. The van der Waals surface area contributed by atoms with E-state index in [4.69, 9.17) is 16.3 Å². The van der Waals surface area contributed by atoms with Gasteiger partial charge < -0.3 is 10.1 Å².